The predicted molar refractivity (Wildman–Crippen MR) is 124 cm³/mol. The fourth-order valence-electron chi connectivity index (χ4n) is 4.29. The SMILES string of the molecule is CC(=O)Oc1cc2c(cc1Cl)C1(OC(=O)c3cc([N+](=O)[O-])ccc31)c1cc(Cl)c(OC(C)=O)cc1O2. The molecular formula is C24H13Cl2NO9. The van der Waals surface area contributed by atoms with E-state index in [0.717, 1.165) is 6.07 Å². The summed E-state index contributed by atoms with van der Waals surface area (Å²) in [5.74, 6) is -1.88. The molecule has 1 spiro atoms. The van der Waals surface area contributed by atoms with E-state index in [1.54, 1.807) is 0 Å². The van der Waals surface area contributed by atoms with Crippen LogP contribution >= 0.6 is 23.2 Å². The molecule has 0 bridgehead atoms. The van der Waals surface area contributed by atoms with Crippen molar-refractivity contribution >= 4 is 46.8 Å². The van der Waals surface area contributed by atoms with Crippen molar-refractivity contribution < 1.29 is 38.3 Å². The lowest BCUT2D eigenvalue weighted by atomic mass is 9.77. The van der Waals surface area contributed by atoms with Crippen molar-refractivity contribution in [2.24, 2.45) is 0 Å². The number of carbonyl (C=O) groups excluding carboxylic acids is 3. The van der Waals surface area contributed by atoms with Gasteiger partial charge in [-0.05, 0) is 18.2 Å². The first-order valence-electron chi connectivity index (χ1n) is 10.3. The van der Waals surface area contributed by atoms with E-state index in [0.29, 0.717) is 0 Å². The number of carbonyl (C=O) groups is 3. The molecule has 5 rings (SSSR count). The Labute approximate surface area is 212 Å². The van der Waals surface area contributed by atoms with Crippen molar-refractivity contribution in [3.63, 3.8) is 0 Å². The molecule has 0 radical (unpaired) electrons. The highest BCUT2D eigenvalue weighted by Crippen LogP contribution is 2.59. The summed E-state index contributed by atoms with van der Waals surface area (Å²) in [5.41, 5.74) is -1.23. The molecule has 10 nitrogen and oxygen atoms in total. The molecule has 0 unspecified atom stereocenters. The van der Waals surface area contributed by atoms with Crippen LogP contribution in [-0.2, 0) is 19.9 Å². The normalized spacial score (nSPS) is 14.2. The molecule has 0 aliphatic carbocycles. The molecule has 2 aliphatic heterocycles. The number of esters is 3. The molecule has 0 atom stereocenters. The molecule has 0 aromatic heterocycles. The van der Waals surface area contributed by atoms with E-state index in [9.17, 15) is 24.5 Å². The van der Waals surface area contributed by atoms with Crippen LogP contribution in [-0.4, -0.2) is 22.8 Å². The summed E-state index contributed by atoms with van der Waals surface area (Å²) in [7, 11) is 0. The van der Waals surface area contributed by atoms with Crippen LogP contribution in [0.15, 0.2) is 42.5 Å². The lowest BCUT2D eigenvalue weighted by molar-refractivity contribution is -0.384. The van der Waals surface area contributed by atoms with Crippen molar-refractivity contribution in [2.75, 3.05) is 0 Å². The Morgan fingerprint density at radius 1 is 0.889 bits per heavy atom. The van der Waals surface area contributed by atoms with Crippen LogP contribution in [0, 0.1) is 10.1 Å². The highest BCUT2D eigenvalue weighted by atomic mass is 35.5. The average molecular weight is 530 g/mol. The van der Waals surface area contributed by atoms with Gasteiger partial charge in [0.25, 0.3) is 5.69 Å². The number of rotatable bonds is 3. The van der Waals surface area contributed by atoms with Gasteiger partial charge < -0.3 is 18.9 Å². The number of hydrogen-bond donors (Lipinski definition) is 0. The molecule has 12 heteroatoms. The number of nitrogens with zero attached hydrogens (tertiary/aromatic N) is 1. The van der Waals surface area contributed by atoms with Gasteiger partial charge in [-0.2, -0.15) is 0 Å². The van der Waals surface area contributed by atoms with E-state index >= 15 is 0 Å². The molecule has 0 amide bonds. The third kappa shape index (κ3) is 3.53. The number of ether oxygens (including phenoxy) is 4. The van der Waals surface area contributed by atoms with E-state index in [4.69, 9.17) is 42.1 Å². The van der Waals surface area contributed by atoms with Crippen LogP contribution < -0.4 is 14.2 Å². The molecular weight excluding hydrogens is 517 g/mol. The number of hydrogen-bond acceptors (Lipinski definition) is 9. The Balaban J connectivity index is 1.83. The van der Waals surface area contributed by atoms with Crippen molar-refractivity contribution in [2.45, 2.75) is 19.4 Å². The van der Waals surface area contributed by atoms with E-state index in [1.165, 1.54) is 50.2 Å². The summed E-state index contributed by atoms with van der Waals surface area (Å²) >= 11 is 12.8. The molecule has 0 saturated heterocycles. The van der Waals surface area contributed by atoms with Crippen LogP contribution in [0.4, 0.5) is 5.69 Å². The standard InChI is InChI=1S/C24H13Cl2NO9/c1-10(28)33-21-8-19-15(6-17(21)25)24(14-4-3-12(27(31)32)5-13(14)23(30)36-24)16-7-18(26)22(34-11(2)29)9-20(16)35-19/h3-9H,1-2H3. The summed E-state index contributed by atoms with van der Waals surface area (Å²) in [4.78, 5) is 46.8. The first-order chi connectivity index (χ1) is 17.0. The first kappa shape index (κ1) is 23.6. The molecule has 182 valence electrons. The largest absolute Gasteiger partial charge is 0.456 e. The zero-order valence-corrected chi connectivity index (χ0v) is 19.9. The van der Waals surface area contributed by atoms with E-state index in [2.05, 4.69) is 0 Å². The summed E-state index contributed by atoms with van der Waals surface area (Å²) < 4.78 is 22.3. The van der Waals surface area contributed by atoms with Gasteiger partial charge in [-0.1, -0.05) is 23.2 Å². The van der Waals surface area contributed by atoms with Gasteiger partial charge in [-0.25, -0.2) is 4.79 Å². The van der Waals surface area contributed by atoms with E-state index in [1.807, 2.05) is 0 Å². The fraction of sp³-hybridized carbons (Fsp3) is 0.125. The summed E-state index contributed by atoms with van der Waals surface area (Å²) in [6, 6.07) is 9.28. The van der Waals surface area contributed by atoms with Gasteiger partial charge in [-0.3, -0.25) is 19.7 Å². The predicted octanol–water partition coefficient (Wildman–Crippen LogP) is 5.32. The van der Waals surface area contributed by atoms with Gasteiger partial charge >= 0.3 is 17.9 Å². The fourth-order valence-corrected chi connectivity index (χ4v) is 4.69. The third-order valence-corrected chi connectivity index (χ3v) is 6.20. The van der Waals surface area contributed by atoms with Crippen molar-refractivity contribution in [1.82, 2.24) is 0 Å². The third-order valence-electron chi connectivity index (χ3n) is 5.61. The maximum atomic E-state index is 13.0. The first-order valence-corrected chi connectivity index (χ1v) is 11.0. The van der Waals surface area contributed by atoms with Crippen molar-refractivity contribution in [3.05, 3.63) is 84.9 Å². The van der Waals surface area contributed by atoms with Crippen molar-refractivity contribution in [3.8, 4) is 23.0 Å². The Hall–Kier alpha value is -4.15. The van der Waals surface area contributed by atoms with Crippen LogP contribution in [0.5, 0.6) is 23.0 Å². The molecule has 2 aliphatic rings. The Bertz CT molecular complexity index is 1460. The molecule has 0 saturated carbocycles. The summed E-state index contributed by atoms with van der Waals surface area (Å²) in [6.45, 7) is 2.39. The molecule has 3 aromatic rings. The molecule has 36 heavy (non-hydrogen) atoms. The molecule has 2 heterocycles. The average Bonchev–Trinajstić information content (AvgIpc) is 3.08. The van der Waals surface area contributed by atoms with Crippen LogP contribution in [0.3, 0.4) is 0 Å². The van der Waals surface area contributed by atoms with Gasteiger partial charge in [0.15, 0.2) is 17.1 Å². The van der Waals surface area contributed by atoms with E-state index < -0.39 is 28.4 Å². The molecule has 3 aromatic carbocycles. The second-order valence-electron chi connectivity index (χ2n) is 7.90. The summed E-state index contributed by atoms with van der Waals surface area (Å²) in [6.07, 6.45) is 0. The van der Waals surface area contributed by atoms with Crippen molar-refractivity contribution in [1.29, 1.82) is 0 Å². The maximum absolute atomic E-state index is 13.0. The zero-order valence-electron chi connectivity index (χ0n) is 18.4. The Kier molecular flexibility index (Phi) is 5.38. The molecule has 0 fully saturated rings. The Morgan fingerprint density at radius 3 is 1.89 bits per heavy atom. The minimum atomic E-state index is -1.68. The molecule has 0 N–H and O–H groups in total. The van der Waals surface area contributed by atoms with E-state index in [-0.39, 0.29) is 61.0 Å². The van der Waals surface area contributed by atoms with Crippen LogP contribution in [0.2, 0.25) is 10.0 Å². The number of halogens is 2. The van der Waals surface area contributed by atoms with Gasteiger partial charge in [-0.15, -0.1) is 0 Å². The van der Waals surface area contributed by atoms with Gasteiger partial charge in [0.2, 0.25) is 0 Å². The smallest absolute Gasteiger partial charge is 0.340 e. The van der Waals surface area contributed by atoms with Gasteiger partial charge in [0.1, 0.15) is 11.5 Å². The van der Waals surface area contributed by atoms with Gasteiger partial charge in [0, 0.05) is 54.8 Å². The number of fused-ring (bicyclic) bond motifs is 6. The second kappa shape index (κ2) is 8.21. The quantitative estimate of drug-likeness (QED) is 0.191. The number of benzene rings is 3. The number of nitro groups is 1. The second-order valence-corrected chi connectivity index (χ2v) is 8.72. The number of non-ortho nitro benzene ring substituents is 1. The zero-order chi connectivity index (χ0) is 25.9. The highest BCUT2D eigenvalue weighted by molar-refractivity contribution is 6.32. The minimum Gasteiger partial charge on any atom is -0.456 e. The lowest BCUT2D eigenvalue weighted by Crippen LogP contribution is -2.33. The number of nitro benzene ring substituents is 1. The van der Waals surface area contributed by atoms with Crippen LogP contribution in [0.25, 0.3) is 0 Å². The minimum absolute atomic E-state index is 0.0102. The Morgan fingerprint density at radius 2 is 1.42 bits per heavy atom. The summed E-state index contributed by atoms with van der Waals surface area (Å²) in [5, 5.41) is 11.4. The maximum Gasteiger partial charge on any atom is 0.340 e. The highest BCUT2D eigenvalue weighted by Gasteiger charge is 2.54. The lowest BCUT2D eigenvalue weighted by Gasteiger charge is -2.37. The monoisotopic (exact) mass is 529 g/mol. The van der Waals surface area contributed by atoms with Crippen LogP contribution in [0.1, 0.15) is 40.9 Å². The van der Waals surface area contributed by atoms with Gasteiger partial charge in [0.05, 0.1) is 20.5 Å². The topological polar surface area (TPSA) is 131 Å².